The van der Waals surface area contributed by atoms with Crippen molar-refractivity contribution in [3.63, 3.8) is 0 Å². The maximum atomic E-state index is 12.1. The van der Waals surface area contributed by atoms with Crippen molar-refractivity contribution >= 4 is 28.8 Å². The minimum atomic E-state index is -0.678. The summed E-state index contributed by atoms with van der Waals surface area (Å²) in [6.07, 6.45) is 1.13. The van der Waals surface area contributed by atoms with Crippen molar-refractivity contribution < 1.29 is 19.2 Å². The number of carbonyl (C=O) groups is 1. The van der Waals surface area contributed by atoms with Gasteiger partial charge >= 0.3 is 5.88 Å². The first-order valence-electron chi connectivity index (χ1n) is 6.84. The fourth-order valence-corrected chi connectivity index (χ4v) is 2.16. The van der Waals surface area contributed by atoms with Crippen molar-refractivity contribution in [3.05, 3.63) is 70.0 Å². The van der Waals surface area contributed by atoms with Crippen LogP contribution < -0.4 is 5.43 Å². The molecule has 0 saturated heterocycles. The van der Waals surface area contributed by atoms with Gasteiger partial charge in [-0.1, -0.05) is 30.3 Å². The molecule has 3 aromatic rings. The first kappa shape index (κ1) is 15.2. The number of hydrogen-bond acceptors (Lipinski definition) is 6. The molecule has 0 fully saturated rings. The molecule has 0 atom stereocenters. The summed E-state index contributed by atoms with van der Waals surface area (Å²) in [6, 6.07) is 12.8. The Hall–Kier alpha value is -3.68. The maximum Gasteiger partial charge on any atom is 0.433 e. The van der Waals surface area contributed by atoms with Gasteiger partial charge in [0, 0.05) is 5.39 Å². The van der Waals surface area contributed by atoms with E-state index in [2.05, 4.69) is 10.5 Å². The van der Waals surface area contributed by atoms with Gasteiger partial charge < -0.3 is 9.52 Å². The normalized spacial score (nSPS) is 11.0. The highest BCUT2D eigenvalue weighted by Crippen LogP contribution is 2.28. The highest BCUT2D eigenvalue weighted by Gasteiger charge is 2.13. The molecule has 8 heteroatoms. The summed E-state index contributed by atoms with van der Waals surface area (Å²) >= 11 is 0. The molecule has 120 valence electrons. The van der Waals surface area contributed by atoms with E-state index in [1.165, 1.54) is 18.2 Å². The van der Waals surface area contributed by atoms with Gasteiger partial charge in [-0.3, -0.25) is 14.9 Å². The molecule has 0 aliphatic rings. The molecule has 2 aromatic carbocycles. The van der Waals surface area contributed by atoms with Gasteiger partial charge in [-0.05, 0) is 17.5 Å². The zero-order chi connectivity index (χ0) is 17.1. The smallest absolute Gasteiger partial charge is 0.433 e. The lowest BCUT2D eigenvalue weighted by Gasteiger charge is -2.06. The number of carbonyl (C=O) groups excluding carboxylic acids is 1. The monoisotopic (exact) mass is 325 g/mol. The summed E-state index contributed by atoms with van der Waals surface area (Å²) in [4.78, 5) is 21.9. The minimum Gasteiger partial charge on any atom is -0.506 e. The Kier molecular flexibility index (Phi) is 3.94. The molecule has 0 bridgehead atoms. The van der Waals surface area contributed by atoms with Crippen LogP contribution in [0.15, 0.2) is 58.0 Å². The van der Waals surface area contributed by atoms with Crippen LogP contribution in [0, 0.1) is 10.1 Å². The number of nitrogens with zero attached hydrogens (tertiary/aromatic N) is 2. The van der Waals surface area contributed by atoms with Crippen LogP contribution in [0.3, 0.4) is 0 Å². The van der Waals surface area contributed by atoms with Crippen molar-refractivity contribution in [3.8, 4) is 5.75 Å². The summed E-state index contributed by atoms with van der Waals surface area (Å²) < 4.78 is 4.86. The average Bonchev–Trinajstić information content (AvgIpc) is 3.04. The van der Waals surface area contributed by atoms with E-state index < -0.39 is 16.7 Å². The fraction of sp³-hybridized carbons (Fsp3) is 0. The van der Waals surface area contributed by atoms with Crippen molar-refractivity contribution in [1.29, 1.82) is 0 Å². The van der Waals surface area contributed by atoms with Gasteiger partial charge in [-0.15, -0.1) is 0 Å². The standard InChI is InChI=1S/C16H11N3O5/c20-15-12-4-2-1-3-10(12)5-7-13(15)16(21)18-17-9-11-6-8-14(24-11)19(22)23/h1-9,20H,(H,18,21)/b17-9+. The zero-order valence-corrected chi connectivity index (χ0v) is 12.2. The number of hydrazone groups is 1. The number of furan rings is 1. The SMILES string of the molecule is O=C(N/N=C/c1ccc([N+](=O)[O-])o1)c1ccc2ccccc2c1O. The number of phenolic OH excluding ortho intramolecular Hbond substituents is 1. The molecule has 2 N–H and O–H groups in total. The summed E-state index contributed by atoms with van der Waals surface area (Å²) in [7, 11) is 0. The molecule has 0 radical (unpaired) electrons. The van der Waals surface area contributed by atoms with E-state index in [1.54, 1.807) is 18.2 Å². The average molecular weight is 325 g/mol. The Balaban J connectivity index is 1.76. The number of rotatable bonds is 4. The number of fused-ring (bicyclic) bond motifs is 1. The first-order valence-corrected chi connectivity index (χ1v) is 6.84. The predicted molar refractivity (Wildman–Crippen MR) is 86.0 cm³/mol. The molecular formula is C16H11N3O5. The van der Waals surface area contributed by atoms with Crippen LogP contribution in [0.2, 0.25) is 0 Å². The number of nitro groups is 1. The van der Waals surface area contributed by atoms with E-state index in [4.69, 9.17) is 4.42 Å². The van der Waals surface area contributed by atoms with Crippen LogP contribution in [-0.2, 0) is 0 Å². The van der Waals surface area contributed by atoms with Gasteiger partial charge in [-0.25, -0.2) is 5.43 Å². The summed E-state index contributed by atoms with van der Waals surface area (Å²) in [5.41, 5.74) is 2.30. The van der Waals surface area contributed by atoms with Gasteiger partial charge in [0.15, 0.2) is 5.76 Å². The molecule has 3 rings (SSSR count). The molecular weight excluding hydrogens is 314 g/mol. The molecule has 8 nitrogen and oxygen atoms in total. The number of benzene rings is 2. The van der Waals surface area contributed by atoms with Gasteiger partial charge in [0.1, 0.15) is 10.7 Å². The highest BCUT2D eigenvalue weighted by atomic mass is 16.6. The number of aromatic hydroxyl groups is 1. The Bertz CT molecular complexity index is 961. The minimum absolute atomic E-state index is 0.0660. The number of amides is 1. The summed E-state index contributed by atoms with van der Waals surface area (Å²) in [5, 5.41) is 25.7. The maximum absolute atomic E-state index is 12.1. The summed E-state index contributed by atoms with van der Waals surface area (Å²) in [6.45, 7) is 0. The Morgan fingerprint density at radius 2 is 2.00 bits per heavy atom. The van der Waals surface area contributed by atoms with E-state index in [9.17, 15) is 20.0 Å². The van der Waals surface area contributed by atoms with Crippen LogP contribution in [0.25, 0.3) is 10.8 Å². The largest absolute Gasteiger partial charge is 0.506 e. The van der Waals surface area contributed by atoms with E-state index in [-0.39, 0.29) is 17.1 Å². The molecule has 0 aliphatic heterocycles. The van der Waals surface area contributed by atoms with Gasteiger partial charge in [-0.2, -0.15) is 5.10 Å². The molecule has 1 amide bonds. The molecule has 24 heavy (non-hydrogen) atoms. The predicted octanol–water partition coefficient (Wildman–Crippen LogP) is 2.81. The second-order valence-electron chi connectivity index (χ2n) is 4.82. The summed E-state index contributed by atoms with van der Waals surface area (Å²) in [5.74, 6) is -1.07. The van der Waals surface area contributed by atoms with Gasteiger partial charge in [0.05, 0.1) is 17.8 Å². The lowest BCUT2D eigenvalue weighted by molar-refractivity contribution is -0.402. The lowest BCUT2D eigenvalue weighted by Crippen LogP contribution is -2.17. The second kappa shape index (κ2) is 6.21. The van der Waals surface area contributed by atoms with E-state index in [1.807, 2.05) is 12.1 Å². The quantitative estimate of drug-likeness (QED) is 0.434. The third-order valence-corrected chi connectivity index (χ3v) is 3.30. The number of nitrogens with one attached hydrogen (secondary N) is 1. The molecule has 0 saturated carbocycles. The van der Waals surface area contributed by atoms with Gasteiger partial charge in [0.25, 0.3) is 5.91 Å². The van der Waals surface area contributed by atoms with Gasteiger partial charge in [0.2, 0.25) is 0 Å². The van der Waals surface area contributed by atoms with Crippen LogP contribution >= 0.6 is 0 Å². The molecule has 0 aliphatic carbocycles. The van der Waals surface area contributed by atoms with Crippen LogP contribution in [0.1, 0.15) is 16.1 Å². The van der Waals surface area contributed by atoms with Crippen molar-refractivity contribution in [1.82, 2.24) is 5.43 Å². The van der Waals surface area contributed by atoms with Crippen LogP contribution in [0.4, 0.5) is 5.88 Å². The topological polar surface area (TPSA) is 118 Å². The molecule has 1 aromatic heterocycles. The van der Waals surface area contributed by atoms with Crippen molar-refractivity contribution in [2.45, 2.75) is 0 Å². The zero-order valence-electron chi connectivity index (χ0n) is 12.2. The Labute approximate surface area is 135 Å². The molecule has 1 heterocycles. The first-order chi connectivity index (χ1) is 11.6. The van der Waals surface area contributed by atoms with E-state index in [0.29, 0.717) is 5.39 Å². The number of hydrogen-bond donors (Lipinski definition) is 2. The lowest BCUT2D eigenvalue weighted by atomic mass is 10.1. The highest BCUT2D eigenvalue weighted by molar-refractivity contribution is 6.03. The third kappa shape index (κ3) is 2.93. The fourth-order valence-electron chi connectivity index (χ4n) is 2.16. The Morgan fingerprint density at radius 3 is 2.75 bits per heavy atom. The van der Waals surface area contributed by atoms with Crippen LogP contribution in [-0.4, -0.2) is 22.2 Å². The van der Waals surface area contributed by atoms with E-state index in [0.717, 1.165) is 11.6 Å². The van der Waals surface area contributed by atoms with E-state index >= 15 is 0 Å². The Morgan fingerprint density at radius 1 is 1.21 bits per heavy atom. The second-order valence-corrected chi connectivity index (χ2v) is 4.82. The van der Waals surface area contributed by atoms with Crippen molar-refractivity contribution in [2.75, 3.05) is 0 Å². The number of phenols is 1. The van der Waals surface area contributed by atoms with Crippen molar-refractivity contribution in [2.24, 2.45) is 5.10 Å². The van der Waals surface area contributed by atoms with Crippen LogP contribution in [0.5, 0.6) is 5.75 Å². The molecule has 0 spiro atoms. The third-order valence-electron chi connectivity index (χ3n) is 3.30. The molecule has 0 unspecified atom stereocenters.